The van der Waals surface area contributed by atoms with Crippen molar-refractivity contribution in [1.29, 1.82) is 0 Å². The van der Waals surface area contributed by atoms with E-state index in [-0.39, 0.29) is 0 Å². The highest BCUT2D eigenvalue weighted by molar-refractivity contribution is 7.81. The van der Waals surface area contributed by atoms with Gasteiger partial charge in [-0.2, -0.15) is 25.3 Å². The van der Waals surface area contributed by atoms with Gasteiger partial charge in [-0.3, -0.25) is 0 Å². The first-order valence-electron chi connectivity index (χ1n) is 3.75. The summed E-state index contributed by atoms with van der Waals surface area (Å²) in [7, 11) is 0. The molecule has 0 heterocycles. The molecule has 0 spiro atoms. The minimum absolute atomic E-state index is 0.500. The summed E-state index contributed by atoms with van der Waals surface area (Å²) in [5.41, 5.74) is 0. The molecule has 0 fully saturated rings. The molecular weight excluding hydrogens is 160 g/mol. The summed E-state index contributed by atoms with van der Waals surface area (Å²) >= 11 is 8.51. The maximum absolute atomic E-state index is 4.38. The molecule has 0 bridgehead atoms. The minimum atomic E-state index is 0.500. The van der Waals surface area contributed by atoms with Crippen LogP contribution >= 0.6 is 25.3 Å². The van der Waals surface area contributed by atoms with Crippen molar-refractivity contribution >= 4 is 25.3 Å². The van der Waals surface area contributed by atoms with Crippen LogP contribution in [-0.4, -0.2) is 11.0 Å². The van der Waals surface area contributed by atoms with E-state index in [4.69, 9.17) is 0 Å². The molecule has 0 amide bonds. The van der Waals surface area contributed by atoms with Gasteiger partial charge in [0.05, 0.1) is 0 Å². The van der Waals surface area contributed by atoms with Crippen LogP contribution in [0.3, 0.4) is 0 Å². The molecule has 0 rings (SSSR count). The third kappa shape index (κ3) is 6.56. The second kappa shape index (κ2) is 7.55. The third-order valence-corrected chi connectivity index (χ3v) is 2.00. The lowest BCUT2D eigenvalue weighted by atomic mass is 10.2. The van der Waals surface area contributed by atoms with E-state index in [9.17, 15) is 0 Å². The number of thiol groups is 2. The van der Waals surface area contributed by atoms with Gasteiger partial charge in [0, 0.05) is 5.25 Å². The number of hydrogen-bond donors (Lipinski definition) is 2. The van der Waals surface area contributed by atoms with Crippen LogP contribution in [0.4, 0.5) is 0 Å². The Morgan fingerprint density at radius 2 is 2.10 bits per heavy atom. The van der Waals surface area contributed by atoms with Crippen molar-refractivity contribution in [2.75, 3.05) is 5.75 Å². The number of allylic oxidation sites excluding steroid dienone is 2. The van der Waals surface area contributed by atoms with Crippen LogP contribution in [0, 0.1) is 0 Å². The molecule has 2 heteroatoms. The molecule has 0 saturated carbocycles. The van der Waals surface area contributed by atoms with E-state index >= 15 is 0 Å². The second-order valence-corrected chi connectivity index (χ2v) is 3.46. The summed E-state index contributed by atoms with van der Waals surface area (Å²) in [5.74, 6) is 0.939. The molecule has 1 unspecified atom stereocenters. The first kappa shape index (κ1) is 10.4. The fraction of sp³-hybridized carbons (Fsp3) is 0.750. The minimum Gasteiger partial charge on any atom is -0.179 e. The van der Waals surface area contributed by atoms with E-state index in [2.05, 4.69) is 44.3 Å². The van der Waals surface area contributed by atoms with E-state index < -0.39 is 0 Å². The predicted molar refractivity (Wildman–Crippen MR) is 55.3 cm³/mol. The van der Waals surface area contributed by atoms with Crippen molar-refractivity contribution in [1.82, 2.24) is 0 Å². The Morgan fingerprint density at radius 3 is 2.60 bits per heavy atom. The molecule has 0 aliphatic heterocycles. The van der Waals surface area contributed by atoms with Crippen LogP contribution < -0.4 is 0 Å². The van der Waals surface area contributed by atoms with E-state index in [0.29, 0.717) is 5.25 Å². The molecular formula is C8H16S2. The van der Waals surface area contributed by atoms with Crippen molar-refractivity contribution in [3.8, 4) is 0 Å². The van der Waals surface area contributed by atoms with Crippen molar-refractivity contribution in [3.63, 3.8) is 0 Å². The summed E-state index contributed by atoms with van der Waals surface area (Å²) in [5, 5.41) is 0.500. The summed E-state index contributed by atoms with van der Waals surface area (Å²) in [6, 6.07) is 0. The molecule has 0 N–H and O–H groups in total. The lowest BCUT2D eigenvalue weighted by molar-refractivity contribution is 0.850. The summed E-state index contributed by atoms with van der Waals surface area (Å²) < 4.78 is 0. The third-order valence-electron chi connectivity index (χ3n) is 1.27. The predicted octanol–water partition coefficient (Wildman–Crippen LogP) is 2.96. The summed E-state index contributed by atoms with van der Waals surface area (Å²) in [6.45, 7) is 2.14. The normalized spacial score (nSPS) is 14.3. The molecule has 0 nitrogen and oxygen atoms in total. The molecule has 0 aliphatic carbocycles. The maximum Gasteiger partial charge on any atom is 0.00590 e. The van der Waals surface area contributed by atoms with E-state index in [0.717, 1.165) is 25.0 Å². The van der Waals surface area contributed by atoms with Crippen LogP contribution in [0.25, 0.3) is 0 Å². The van der Waals surface area contributed by atoms with Crippen molar-refractivity contribution in [2.45, 2.75) is 31.4 Å². The Morgan fingerprint density at radius 1 is 1.40 bits per heavy atom. The molecule has 0 aromatic heterocycles. The van der Waals surface area contributed by atoms with Gasteiger partial charge >= 0.3 is 0 Å². The Labute approximate surface area is 74.9 Å². The average Bonchev–Trinajstić information content (AvgIpc) is 1.89. The number of hydrogen-bond acceptors (Lipinski definition) is 2. The largest absolute Gasteiger partial charge is 0.179 e. The fourth-order valence-corrected chi connectivity index (χ4v) is 1.45. The van der Waals surface area contributed by atoms with Gasteiger partial charge in [-0.15, -0.1) is 0 Å². The zero-order chi connectivity index (χ0) is 7.82. The molecule has 10 heavy (non-hydrogen) atoms. The molecule has 0 aromatic carbocycles. The van der Waals surface area contributed by atoms with Crippen LogP contribution in [0.5, 0.6) is 0 Å². The maximum atomic E-state index is 4.38. The summed E-state index contributed by atoms with van der Waals surface area (Å²) in [6.07, 6.45) is 7.68. The lowest BCUT2D eigenvalue weighted by Gasteiger charge is -2.03. The molecule has 60 valence electrons. The average molecular weight is 176 g/mol. The smallest absolute Gasteiger partial charge is 0.00590 e. The van der Waals surface area contributed by atoms with Gasteiger partial charge in [-0.25, -0.2) is 0 Å². The van der Waals surface area contributed by atoms with Gasteiger partial charge in [-0.1, -0.05) is 19.1 Å². The Balaban J connectivity index is 3.20. The fourth-order valence-electron chi connectivity index (χ4n) is 0.687. The standard InChI is InChI=1S/C8H16S2/c1-2-3-4-5-8(10)6-7-9/h3-4,8-10H,2,5-7H2,1H3. The highest BCUT2D eigenvalue weighted by Crippen LogP contribution is 2.07. The lowest BCUT2D eigenvalue weighted by Crippen LogP contribution is -1.96. The Bertz CT molecular complexity index is 89.3. The molecule has 1 atom stereocenters. The van der Waals surface area contributed by atoms with E-state index in [1.54, 1.807) is 0 Å². The van der Waals surface area contributed by atoms with Crippen molar-refractivity contribution < 1.29 is 0 Å². The zero-order valence-corrected chi connectivity index (χ0v) is 8.24. The Hall–Kier alpha value is 0.440. The first-order chi connectivity index (χ1) is 4.81. The van der Waals surface area contributed by atoms with Gasteiger partial charge in [-0.05, 0) is 25.0 Å². The van der Waals surface area contributed by atoms with Gasteiger partial charge in [0.15, 0.2) is 0 Å². The molecule has 0 aromatic rings. The molecule has 0 saturated heterocycles. The van der Waals surface area contributed by atoms with Crippen LogP contribution in [-0.2, 0) is 0 Å². The highest BCUT2D eigenvalue weighted by atomic mass is 32.1. The monoisotopic (exact) mass is 176 g/mol. The highest BCUT2D eigenvalue weighted by Gasteiger charge is 1.96. The van der Waals surface area contributed by atoms with Gasteiger partial charge in [0.1, 0.15) is 0 Å². The van der Waals surface area contributed by atoms with E-state index in [1.807, 2.05) is 0 Å². The SMILES string of the molecule is CCC=CCC(S)CCS. The van der Waals surface area contributed by atoms with Crippen LogP contribution in [0.1, 0.15) is 26.2 Å². The number of rotatable bonds is 5. The molecule has 0 aliphatic rings. The summed E-state index contributed by atoms with van der Waals surface area (Å²) in [4.78, 5) is 0. The van der Waals surface area contributed by atoms with Crippen LogP contribution in [0.15, 0.2) is 12.2 Å². The van der Waals surface area contributed by atoms with Gasteiger partial charge < -0.3 is 0 Å². The van der Waals surface area contributed by atoms with Gasteiger partial charge in [0.2, 0.25) is 0 Å². The zero-order valence-electron chi connectivity index (χ0n) is 6.45. The van der Waals surface area contributed by atoms with Crippen LogP contribution in [0.2, 0.25) is 0 Å². The van der Waals surface area contributed by atoms with Gasteiger partial charge in [0.25, 0.3) is 0 Å². The Kier molecular flexibility index (Phi) is 7.88. The quantitative estimate of drug-likeness (QED) is 0.467. The first-order valence-corrected chi connectivity index (χ1v) is 4.90. The topological polar surface area (TPSA) is 0 Å². The molecule has 0 radical (unpaired) electrons. The van der Waals surface area contributed by atoms with E-state index in [1.165, 1.54) is 0 Å². The second-order valence-electron chi connectivity index (χ2n) is 2.28. The van der Waals surface area contributed by atoms with Crippen molar-refractivity contribution in [2.24, 2.45) is 0 Å². The van der Waals surface area contributed by atoms with Crippen molar-refractivity contribution in [3.05, 3.63) is 12.2 Å².